The molecule has 0 aromatic carbocycles. The van der Waals surface area contributed by atoms with Gasteiger partial charge in [-0.15, -0.1) is 0 Å². The lowest BCUT2D eigenvalue weighted by Crippen LogP contribution is -2.57. The smallest absolute Gasteiger partial charge is 0.306 e. The van der Waals surface area contributed by atoms with Crippen molar-refractivity contribution in [3.05, 3.63) is 47.4 Å². The number of nitriles is 1. The summed E-state index contributed by atoms with van der Waals surface area (Å²) in [6.07, 6.45) is 8.91. The summed E-state index contributed by atoms with van der Waals surface area (Å²) in [5, 5.41) is 10.3. The number of hydrogen-bond acceptors (Lipinski definition) is 7. The highest BCUT2D eigenvalue weighted by Crippen LogP contribution is 2.47. The van der Waals surface area contributed by atoms with Gasteiger partial charge in [-0.3, -0.25) is 14.6 Å². The number of hydrogen-bond donors (Lipinski definition) is 0. The van der Waals surface area contributed by atoms with Gasteiger partial charge in [0.05, 0.1) is 29.4 Å². The number of amides is 1. The van der Waals surface area contributed by atoms with Crippen molar-refractivity contribution in [2.45, 2.75) is 69.9 Å². The first-order chi connectivity index (χ1) is 18.5. The molecule has 2 aromatic rings. The maximum atomic E-state index is 13.3. The number of carbonyl (C=O) groups excluding carboxylic acids is 2. The fraction of sp³-hybridized carbons (Fsp3) is 0.500. The van der Waals surface area contributed by atoms with Crippen molar-refractivity contribution in [2.75, 3.05) is 24.5 Å². The summed E-state index contributed by atoms with van der Waals surface area (Å²) in [7, 11) is 0. The third kappa shape index (κ3) is 4.66. The summed E-state index contributed by atoms with van der Waals surface area (Å²) < 4.78 is 5.32. The van der Waals surface area contributed by atoms with Gasteiger partial charge in [0.1, 0.15) is 18.0 Å². The first-order valence-corrected chi connectivity index (χ1v) is 13.7. The van der Waals surface area contributed by atoms with E-state index in [1.165, 1.54) is 0 Å². The SMILES string of the molecule is C=Cc1cc(-c2c(C3CC3)nc(N3CCN(C(=O)CC4CCC(=O)O4)C(C4CC4)C3)c(C#N)c2C)ccn1. The minimum absolute atomic E-state index is 0.0654. The van der Waals surface area contributed by atoms with Crippen LogP contribution in [-0.4, -0.2) is 58.5 Å². The summed E-state index contributed by atoms with van der Waals surface area (Å²) in [5.41, 5.74) is 5.47. The zero-order chi connectivity index (χ0) is 26.4. The van der Waals surface area contributed by atoms with Gasteiger partial charge >= 0.3 is 5.97 Å². The van der Waals surface area contributed by atoms with E-state index in [9.17, 15) is 14.9 Å². The minimum Gasteiger partial charge on any atom is -0.462 e. The third-order valence-electron chi connectivity index (χ3n) is 8.39. The zero-order valence-corrected chi connectivity index (χ0v) is 21.9. The number of pyridine rings is 2. The van der Waals surface area contributed by atoms with Gasteiger partial charge in [0.15, 0.2) is 0 Å². The Balaban J connectivity index is 1.31. The first-order valence-electron chi connectivity index (χ1n) is 13.7. The van der Waals surface area contributed by atoms with Crippen molar-refractivity contribution in [2.24, 2.45) is 5.92 Å². The lowest BCUT2D eigenvalue weighted by Gasteiger charge is -2.43. The molecule has 2 aliphatic heterocycles. The molecule has 4 aliphatic rings. The number of esters is 1. The van der Waals surface area contributed by atoms with Crippen molar-refractivity contribution in [3.63, 3.8) is 0 Å². The largest absolute Gasteiger partial charge is 0.462 e. The monoisotopic (exact) mass is 511 g/mol. The second-order valence-corrected chi connectivity index (χ2v) is 11.0. The molecule has 2 unspecified atom stereocenters. The van der Waals surface area contributed by atoms with E-state index in [2.05, 4.69) is 22.5 Å². The van der Waals surface area contributed by atoms with Gasteiger partial charge in [0.25, 0.3) is 0 Å². The highest BCUT2D eigenvalue weighted by atomic mass is 16.5. The summed E-state index contributed by atoms with van der Waals surface area (Å²) in [4.78, 5) is 38.6. The summed E-state index contributed by atoms with van der Waals surface area (Å²) in [5.74, 6) is 1.47. The molecular weight excluding hydrogens is 478 g/mol. The lowest BCUT2D eigenvalue weighted by molar-refractivity contribution is -0.144. The van der Waals surface area contributed by atoms with Gasteiger partial charge in [0, 0.05) is 43.7 Å². The fourth-order valence-corrected chi connectivity index (χ4v) is 6.04. The minimum atomic E-state index is -0.300. The average Bonchev–Trinajstić information content (AvgIpc) is 3.86. The predicted octanol–water partition coefficient (Wildman–Crippen LogP) is 4.37. The van der Waals surface area contributed by atoms with Gasteiger partial charge in [0.2, 0.25) is 5.91 Å². The zero-order valence-electron chi connectivity index (χ0n) is 21.9. The van der Waals surface area contributed by atoms with Crippen molar-refractivity contribution >= 4 is 23.8 Å². The Hall–Kier alpha value is -3.73. The molecule has 0 bridgehead atoms. The molecule has 2 aromatic heterocycles. The van der Waals surface area contributed by atoms with Crippen molar-refractivity contribution in [1.29, 1.82) is 5.26 Å². The van der Waals surface area contributed by atoms with E-state index in [1.54, 1.807) is 12.3 Å². The molecule has 0 N–H and O–H groups in total. The molecule has 0 radical (unpaired) electrons. The first kappa shape index (κ1) is 24.6. The normalized spacial score (nSPS) is 23.2. The van der Waals surface area contributed by atoms with E-state index in [4.69, 9.17) is 9.72 Å². The van der Waals surface area contributed by atoms with Gasteiger partial charge < -0.3 is 14.5 Å². The van der Waals surface area contributed by atoms with Crippen molar-refractivity contribution in [3.8, 4) is 17.2 Å². The number of carbonyl (C=O) groups is 2. The van der Waals surface area contributed by atoms with Crippen LogP contribution in [0.25, 0.3) is 17.2 Å². The van der Waals surface area contributed by atoms with E-state index < -0.39 is 0 Å². The van der Waals surface area contributed by atoms with Crippen molar-refractivity contribution < 1.29 is 14.3 Å². The van der Waals surface area contributed by atoms with E-state index in [0.717, 1.165) is 59.6 Å². The van der Waals surface area contributed by atoms with Crippen LogP contribution >= 0.6 is 0 Å². The second-order valence-electron chi connectivity index (χ2n) is 11.0. The number of piperazine rings is 1. The molecule has 196 valence electrons. The van der Waals surface area contributed by atoms with E-state index >= 15 is 0 Å². The molecule has 8 nitrogen and oxygen atoms in total. The van der Waals surface area contributed by atoms with Crippen LogP contribution in [0.2, 0.25) is 0 Å². The van der Waals surface area contributed by atoms with E-state index in [0.29, 0.717) is 49.9 Å². The van der Waals surface area contributed by atoms with Crippen LogP contribution in [0.1, 0.15) is 73.4 Å². The molecule has 1 amide bonds. The molecule has 2 saturated heterocycles. The van der Waals surface area contributed by atoms with E-state index in [1.807, 2.05) is 24.0 Å². The molecule has 0 spiro atoms. The van der Waals surface area contributed by atoms with Crippen molar-refractivity contribution in [1.82, 2.24) is 14.9 Å². The Kier molecular flexibility index (Phi) is 6.38. The number of rotatable bonds is 7. The molecule has 2 aliphatic carbocycles. The Morgan fingerprint density at radius 3 is 2.74 bits per heavy atom. The molecule has 4 heterocycles. The summed E-state index contributed by atoms with van der Waals surface area (Å²) in [6.45, 7) is 7.76. The Morgan fingerprint density at radius 1 is 1.26 bits per heavy atom. The quantitative estimate of drug-likeness (QED) is 0.509. The van der Waals surface area contributed by atoms with Gasteiger partial charge in [-0.25, -0.2) is 4.98 Å². The lowest BCUT2D eigenvalue weighted by atomic mass is 9.93. The van der Waals surface area contributed by atoms with Crippen LogP contribution in [0, 0.1) is 24.2 Å². The fourth-order valence-electron chi connectivity index (χ4n) is 6.04. The highest BCUT2D eigenvalue weighted by molar-refractivity contribution is 5.80. The second kappa shape index (κ2) is 9.86. The number of nitrogens with zero attached hydrogens (tertiary/aromatic N) is 5. The summed E-state index contributed by atoms with van der Waals surface area (Å²) >= 11 is 0. The Morgan fingerprint density at radius 2 is 2.08 bits per heavy atom. The number of aromatic nitrogens is 2. The molecule has 6 rings (SSSR count). The van der Waals surface area contributed by atoms with Gasteiger partial charge in [-0.05, 0) is 74.3 Å². The van der Waals surface area contributed by atoms with Crippen LogP contribution in [-0.2, 0) is 14.3 Å². The van der Waals surface area contributed by atoms with Gasteiger partial charge in [-0.2, -0.15) is 5.26 Å². The standard InChI is InChI=1S/C30H33N5O3/c1-3-22-14-21(10-11-32-22)28-18(2)24(16-31)30(33-29(28)20-6-7-20)34-12-13-35(25(17-34)19-4-5-19)26(36)15-23-8-9-27(37)38-23/h3,10-11,14,19-20,23,25H,1,4-9,12-13,15,17H2,2H3. The molecule has 4 fully saturated rings. The highest BCUT2D eigenvalue weighted by Gasteiger charge is 2.43. The Bertz CT molecular complexity index is 1340. The van der Waals surface area contributed by atoms with E-state index in [-0.39, 0.29) is 30.4 Å². The molecule has 8 heteroatoms. The number of anilines is 1. The average molecular weight is 512 g/mol. The number of cyclic esters (lactones) is 1. The van der Waals surface area contributed by atoms with Crippen LogP contribution in [0.3, 0.4) is 0 Å². The third-order valence-corrected chi connectivity index (χ3v) is 8.39. The number of ether oxygens (including phenoxy) is 1. The Labute approximate surface area is 223 Å². The maximum absolute atomic E-state index is 13.3. The van der Waals surface area contributed by atoms with Crippen LogP contribution in [0.4, 0.5) is 5.82 Å². The van der Waals surface area contributed by atoms with Crippen LogP contribution < -0.4 is 4.90 Å². The van der Waals surface area contributed by atoms with Crippen LogP contribution in [0.15, 0.2) is 24.9 Å². The summed E-state index contributed by atoms with van der Waals surface area (Å²) in [6, 6.07) is 6.55. The molecule has 2 atom stereocenters. The molecule has 2 saturated carbocycles. The topological polar surface area (TPSA) is 99.4 Å². The predicted molar refractivity (Wildman–Crippen MR) is 143 cm³/mol. The van der Waals surface area contributed by atoms with Crippen LogP contribution in [0.5, 0.6) is 0 Å². The molecular formula is C30H33N5O3. The maximum Gasteiger partial charge on any atom is 0.306 e. The molecule has 38 heavy (non-hydrogen) atoms. The van der Waals surface area contributed by atoms with Gasteiger partial charge in [-0.1, -0.05) is 6.58 Å².